The second kappa shape index (κ2) is 5.61. The lowest BCUT2D eigenvalue weighted by Crippen LogP contribution is -2.08. The van der Waals surface area contributed by atoms with Crippen LogP contribution < -0.4 is 5.73 Å². The van der Waals surface area contributed by atoms with E-state index in [2.05, 4.69) is 12.1 Å². The first-order valence-electron chi connectivity index (χ1n) is 5.31. The lowest BCUT2D eigenvalue weighted by Gasteiger charge is -2.07. The van der Waals surface area contributed by atoms with Crippen molar-refractivity contribution in [2.24, 2.45) is 11.7 Å². The smallest absolute Gasteiger partial charge is 0.0809 e. The minimum absolute atomic E-state index is 0.596. The van der Waals surface area contributed by atoms with Crippen LogP contribution in [-0.2, 0) is 22.6 Å². The molecule has 1 fully saturated rings. The molecule has 84 valence electrons. The van der Waals surface area contributed by atoms with Crippen LogP contribution in [-0.4, -0.2) is 19.8 Å². The zero-order valence-electron chi connectivity index (χ0n) is 8.78. The van der Waals surface area contributed by atoms with Gasteiger partial charge in [-0.05, 0) is 18.6 Å². The van der Waals surface area contributed by atoms with Gasteiger partial charge < -0.3 is 15.2 Å². The van der Waals surface area contributed by atoms with Gasteiger partial charge in [0, 0.05) is 28.8 Å². The predicted octanol–water partition coefficient (Wildman–Crippen LogP) is 1.76. The summed E-state index contributed by atoms with van der Waals surface area (Å²) < 4.78 is 10.9. The normalized spacial score (nSPS) is 21.0. The molecule has 2 heterocycles. The molecule has 1 aliphatic rings. The van der Waals surface area contributed by atoms with Gasteiger partial charge in [0.1, 0.15) is 0 Å². The molecule has 1 atom stereocenters. The Labute approximate surface area is 94.2 Å². The number of hydrogen-bond donors (Lipinski definition) is 1. The van der Waals surface area contributed by atoms with Gasteiger partial charge in [-0.1, -0.05) is 0 Å². The summed E-state index contributed by atoms with van der Waals surface area (Å²) >= 11 is 1.73. The van der Waals surface area contributed by atoms with E-state index >= 15 is 0 Å². The predicted molar refractivity (Wildman–Crippen MR) is 60.8 cm³/mol. The third-order valence-electron chi connectivity index (χ3n) is 2.54. The van der Waals surface area contributed by atoms with Gasteiger partial charge >= 0.3 is 0 Å². The molecule has 0 aliphatic carbocycles. The van der Waals surface area contributed by atoms with Gasteiger partial charge in [-0.3, -0.25) is 0 Å². The van der Waals surface area contributed by atoms with Crippen LogP contribution in [0.15, 0.2) is 12.1 Å². The Bertz CT molecular complexity index is 295. The summed E-state index contributed by atoms with van der Waals surface area (Å²) in [7, 11) is 0. The molecule has 15 heavy (non-hydrogen) atoms. The fourth-order valence-electron chi connectivity index (χ4n) is 1.65. The molecule has 0 radical (unpaired) electrons. The van der Waals surface area contributed by atoms with Gasteiger partial charge in [-0.2, -0.15) is 0 Å². The average Bonchev–Trinajstić information content (AvgIpc) is 2.88. The Morgan fingerprint density at radius 2 is 2.33 bits per heavy atom. The van der Waals surface area contributed by atoms with Crippen LogP contribution >= 0.6 is 11.3 Å². The minimum Gasteiger partial charge on any atom is -0.381 e. The molecule has 0 aromatic carbocycles. The monoisotopic (exact) mass is 227 g/mol. The van der Waals surface area contributed by atoms with E-state index in [4.69, 9.17) is 15.2 Å². The number of nitrogens with two attached hydrogens (primary N) is 1. The van der Waals surface area contributed by atoms with Crippen LogP contribution in [0, 0.1) is 5.92 Å². The molecular formula is C11H17NO2S. The highest BCUT2D eigenvalue weighted by molar-refractivity contribution is 7.11. The molecule has 1 aliphatic heterocycles. The third-order valence-corrected chi connectivity index (χ3v) is 3.62. The Morgan fingerprint density at radius 3 is 3.00 bits per heavy atom. The summed E-state index contributed by atoms with van der Waals surface area (Å²) in [5.41, 5.74) is 5.54. The van der Waals surface area contributed by atoms with E-state index in [-0.39, 0.29) is 0 Å². The standard InChI is InChI=1S/C11H17NO2S/c12-5-10-1-2-11(15-10)8-14-7-9-3-4-13-6-9/h1-2,9H,3-8,12H2. The van der Waals surface area contributed by atoms with E-state index in [1.165, 1.54) is 9.75 Å². The molecule has 4 heteroatoms. The second-order valence-corrected chi connectivity index (χ2v) is 5.07. The molecule has 1 saturated heterocycles. The first-order valence-corrected chi connectivity index (χ1v) is 6.13. The molecule has 3 nitrogen and oxygen atoms in total. The fourth-order valence-corrected chi connectivity index (χ4v) is 2.49. The van der Waals surface area contributed by atoms with Gasteiger partial charge in [0.2, 0.25) is 0 Å². The maximum Gasteiger partial charge on any atom is 0.0809 e. The van der Waals surface area contributed by atoms with Crippen LogP contribution in [0.4, 0.5) is 0 Å². The summed E-state index contributed by atoms with van der Waals surface area (Å²) in [4.78, 5) is 2.48. The summed E-state index contributed by atoms with van der Waals surface area (Å²) in [6, 6.07) is 4.17. The number of rotatable bonds is 5. The molecule has 1 aromatic heterocycles. The van der Waals surface area contributed by atoms with Crippen molar-refractivity contribution < 1.29 is 9.47 Å². The topological polar surface area (TPSA) is 44.5 Å². The molecule has 1 aromatic rings. The summed E-state index contributed by atoms with van der Waals surface area (Å²) in [5.74, 6) is 0.596. The van der Waals surface area contributed by atoms with Gasteiger partial charge in [0.25, 0.3) is 0 Å². The molecule has 0 saturated carbocycles. The molecule has 2 N–H and O–H groups in total. The highest BCUT2D eigenvalue weighted by Gasteiger charge is 2.15. The first-order chi connectivity index (χ1) is 7.38. The molecule has 0 bridgehead atoms. The van der Waals surface area contributed by atoms with Crippen molar-refractivity contribution >= 4 is 11.3 Å². The number of thiophene rings is 1. The SMILES string of the molecule is NCc1ccc(COCC2CCOC2)s1. The average molecular weight is 227 g/mol. The van der Waals surface area contributed by atoms with Crippen molar-refractivity contribution in [1.82, 2.24) is 0 Å². The maximum atomic E-state index is 5.65. The fraction of sp³-hybridized carbons (Fsp3) is 0.636. The van der Waals surface area contributed by atoms with Crippen LogP contribution in [0.2, 0.25) is 0 Å². The van der Waals surface area contributed by atoms with E-state index < -0.39 is 0 Å². The third kappa shape index (κ3) is 3.28. The van der Waals surface area contributed by atoms with Crippen molar-refractivity contribution in [3.63, 3.8) is 0 Å². The van der Waals surface area contributed by atoms with E-state index in [1.54, 1.807) is 11.3 Å². The summed E-state index contributed by atoms with van der Waals surface area (Å²) in [6.45, 7) is 3.90. The van der Waals surface area contributed by atoms with Crippen molar-refractivity contribution in [3.05, 3.63) is 21.9 Å². The van der Waals surface area contributed by atoms with Crippen LogP contribution in [0.5, 0.6) is 0 Å². The summed E-state index contributed by atoms with van der Waals surface area (Å²) in [6.07, 6.45) is 1.14. The number of ether oxygens (including phenoxy) is 2. The largest absolute Gasteiger partial charge is 0.381 e. The van der Waals surface area contributed by atoms with Gasteiger partial charge in [-0.15, -0.1) is 11.3 Å². The lowest BCUT2D eigenvalue weighted by atomic mass is 10.1. The van der Waals surface area contributed by atoms with Crippen molar-refractivity contribution in [2.75, 3.05) is 19.8 Å². The number of hydrogen-bond acceptors (Lipinski definition) is 4. The van der Waals surface area contributed by atoms with E-state index in [1.807, 2.05) is 0 Å². The second-order valence-electron chi connectivity index (χ2n) is 3.82. The lowest BCUT2D eigenvalue weighted by molar-refractivity contribution is 0.0806. The van der Waals surface area contributed by atoms with E-state index in [0.717, 1.165) is 26.2 Å². The molecular weight excluding hydrogens is 210 g/mol. The van der Waals surface area contributed by atoms with Crippen LogP contribution in [0.1, 0.15) is 16.2 Å². The van der Waals surface area contributed by atoms with Gasteiger partial charge in [0.15, 0.2) is 0 Å². The summed E-state index contributed by atoms with van der Waals surface area (Å²) in [5, 5.41) is 0. The minimum atomic E-state index is 0.596. The molecule has 2 rings (SSSR count). The molecule has 0 amide bonds. The van der Waals surface area contributed by atoms with Gasteiger partial charge in [-0.25, -0.2) is 0 Å². The highest BCUT2D eigenvalue weighted by atomic mass is 32.1. The Morgan fingerprint density at radius 1 is 1.47 bits per heavy atom. The molecule has 0 spiro atoms. The quantitative estimate of drug-likeness (QED) is 0.833. The Kier molecular flexibility index (Phi) is 4.14. The zero-order valence-corrected chi connectivity index (χ0v) is 9.59. The van der Waals surface area contributed by atoms with Crippen molar-refractivity contribution in [2.45, 2.75) is 19.6 Å². The van der Waals surface area contributed by atoms with Crippen LogP contribution in [0.3, 0.4) is 0 Å². The van der Waals surface area contributed by atoms with Crippen LogP contribution in [0.25, 0.3) is 0 Å². The first kappa shape index (κ1) is 11.1. The highest BCUT2D eigenvalue weighted by Crippen LogP contribution is 2.18. The van der Waals surface area contributed by atoms with Crippen molar-refractivity contribution in [3.8, 4) is 0 Å². The zero-order chi connectivity index (χ0) is 10.5. The van der Waals surface area contributed by atoms with Crippen molar-refractivity contribution in [1.29, 1.82) is 0 Å². The van der Waals surface area contributed by atoms with Gasteiger partial charge in [0.05, 0.1) is 19.8 Å². The molecule has 1 unspecified atom stereocenters. The Hall–Kier alpha value is -0.420. The maximum absolute atomic E-state index is 5.65. The van der Waals surface area contributed by atoms with E-state index in [9.17, 15) is 0 Å². The Balaban J connectivity index is 1.68. The van der Waals surface area contributed by atoms with E-state index in [0.29, 0.717) is 19.1 Å².